The Kier molecular flexibility index (Phi) is 8.80. The van der Waals surface area contributed by atoms with Gasteiger partial charge in [-0.1, -0.05) is 39.0 Å². The van der Waals surface area contributed by atoms with E-state index in [4.69, 9.17) is 9.47 Å². The second-order valence-corrected chi connectivity index (χ2v) is 7.16. The van der Waals surface area contributed by atoms with Crippen LogP contribution in [0.4, 0.5) is 4.79 Å². The molecule has 154 valence electrons. The van der Waals surface area contributed by atoms with E-state index in [9.17, 15) is 19.5 Å². The summed E-state index contributed by atoms with van der Waals surface area (Å²) < 4.78 is 14.4. The summed E-state index contributed by atoms with van der Waals surface area (Å²) in [6.07, 6.45) is 5.38. The van der Waals surface area contributed by atoms with E-state index in [1.807, 2.05) is 0 Å². The molecule has 1 aliphatic carbocycles. The molecule has 1 saturated carbocycles. The van der Waals surface area contributed by atoms with Crippen LogP contribution in [0.5, 0.6) is 0 Å². The highest BCUT2D eigenvalue weighted by Crippen LogP contribution is 2.22. The van der Waals surface area contributed by atoms with Crippen molar-refractivity contribution < 1.29 is 33.7 Å². The molecule has 2 aliphatic heterocycles. The van der Waals surface area contributed by atoms with Crippen LogP contribution < -0.4 is 5.32 Å². The largest absolute Gasteiger partial charge is 0.439 e. The van der Waals surface area contributed by atoms with E-state index >= 15 is 0 Å². The minimum Gasteiger partial charge on any atom is -0.439 e. The van der Waals surface area contributed by atoms with Crippen molar-refractivity contribution in [2.24, 2.45) is 5.92 Å². The number of esters is 1. The predicted octanol–water partition coefficient (Wildman–Crippen LogP) is 0.792. The van der Waals surface area contributed by atoms with Gasteiger partial charge in [0.1, 0.15) is 6.04 Å². The molecule has 9 nitrogen and oxygen atoms in total. The minimum atomic E-state index is -1.36. The Morgan fingerprint density at radius 2 is 1.89 bits per heavy atom. The first-order valence-electron chi connectivity index (χ1n) is 9.62. The second kappa shape index (κ2) is 11.1. The van der Waals surface area contributed by atoms with E-state index in [0.29, 0.717) is 26.3 Å². The molecule has 0 aromatic heterocycles. The van der Waals surface area contributed by atoms with Crippen LogP contribution in [0.3, 0.4) is 0 Å². The van der Waals surface area contributed by atoms with Gasteiger partial charge in [-0.2, -0.15) is 0 Å². The Morgan fingerprint density at radius 3 is 2.41 bits per heavy atom. The molecule has 0 radical (unpaired) electrons. The summed E-state index contributed by atoms with van der Waals surface area (Å²) in [6, 6.07) is -0.808. The number of nitrogens with one attached hydrogen (secondary N) is 1. The molecule has 0 bridgehead atoms. The molecule has 2 N–H and O–H groups in total. The van der Waals surface area contributed by atoms with Crippen molar-refractivity contribution >= 4 is 18.0 Å². The van der Waals surface area contributed by atoms with Gasteiger partial charge in [0.2, 0.25) is 6.29 Å². The molecule has 2 amide bonds. The third kappa shape index (κ3) is 7.72. The van der Waals surface area contributed by atoms with Crippen molar-refractivity contribution in [3.63, 3.8) is 0 Å². The lowest BCUT2D eigenvalue weighted by Gasteiger charge is -2.25. The normalized spacial score (nSPS) is 25.9. The lowest BCUT2D eigenvalue weighted by Crippen LogP contribution is -2.44. The van der Waals surface area contributed by atoms with Crippen molar-refractivity contribution in [1.82, 2.24) is 10.2 Å². The number of carbonyl (C=O) groups is 3. The maximum atomic E-state index is 11.6. The van der Waals surface area contributed by atoms with Gasteiger partial charge in [0.05, 0.1) is 19.6 Å². The van der Waals surface area contributed by atoms with Gasteiger partial charge in [0.25, 0.3) is 5.91 Å². The van der Waals surface area contributed by atoms with Gasteiger partial charge in [-0.25, -0.2) is 4.79 Å². The van der Waals surface area contributed by atoms with Crippen LogP contribution >= 0.6 is 0 Å². The van der Waals surface area contributed by atoms with Gasteiger partial charge in [0, 0.05) is 13.1 Å². The Hall–Kier alpha value is -1.87. The third-order valence-electron chi connectivity index (χ3n) is 4.82. The number of hydrogen-bond donors (Lipinski definition) is 2. The molecule has 2 heterocycles. The van der Waals surface area contributed by atoms with Gasteiger partial charge < -0.3 is 29.5 Å². The summed E-state index contributed by atoms with van der Waals surface area (Å²) in [7, 11) is 0. The number of aliphatic hydroxyl groups excluding tert-OH is 1. The topological polar surface area (TPSA) is 114 Å². The fourth-order valence-corrected chi connectivity index (χ4v) is 3.19. The molecule has 2 saturated heterocycles. The number of carbonyl (C=O) groups excluding carboxylic acids is 3. The Bertz CT molecular complexity index is 502. The lowest BCUT2D eigenvalue weighted by molar-refractivity contribution is -0.155. The number of nitrogens with zero attached hydrogens (tertiary/aromatic N) is 1. The highest BCUT2D eigenvalue weighted by molar-refractivity contribution is 5.81. The molecule has 0 aromatic carbocycles. The van der Waals surface area contributed by atoms with E-state index in [2.05, 4.69) is 17.0 Å². The number of morpholine rings is 1. The van der Waals surface area contributed by atoms with Crippen LogP contribution in [0, 0.1) is 5.92 Å². The maximum absolute atomic E-state index is 11.6. The van der Waals surface area contributed by atoms with Gasteiger partial charge in [-0.3, -0.25) is 9.59 Å². The molecular weight excluding hydrogens is 356 g/mol. The summed E-state index contributed by atoms with van der Waals surface area (Å²) in [5.74, 6) is -0.157. The summed E-state index contributed by atoms with van der Waals surface area (Å²) in [6.45, 7) is 3.60. The number of rotatable bonds is 3. The first kappa shape index (κ1) is 21.4. The Morgan fingerprint density at radius 1 is 1.22 bits per heavy atom. The first-order valence-corrected chi connectivity index (χ1v) is 9.62. The molecule has 0 spiro atoms. The van der Waals surface area contributed by atoms with Crippen molar-refractivity contribution in [3.05, 3.63) is 0 Å². The smallest absolute Gasteiger partial charge is 0.410 e. The summed E-state index contributed by atoms with van der Waals surface area (Å²) in [5, 5.41) is 11.7. The first-order chi connectivity index (χ1) is 13.0. The van der Waals surface area contributed by atoms with E-state index in [1.165, 1.54) is 37.0 Å². The zero-order chi connectivity index (χ0) is 19.6. The van der Waals surface area contributed by atoms with Crippen LogP contribution in [0.15, 0.2) is 0 Å². The average Bonchev–Trinajstić information content (AvgIpc) is 2.98. The van der Waals surface area contributed by atoms with Crippen molar-refractivity contribution in [2.45, 2.75) is 57.8 Å². The molecule has 27 heavy (non-hydrogen) atoms. The van der Waals surface area contributed by atoms with Crippen LogP contribution in [0.2, 0.25) is 0 Å². The quantitative estimate of drug-likeness (QED) is 0.689. The van der Waals surface area contributed by atoms with E-state index in [-0.39, 0.29) is 6.42 Å². The average molecular weight is 386 g/mol. The number of aliphatic hydroxyl groups is 1. The standard InChI is InChI=1S/C11H16N2O7.C7H14/c14-8(12-7-5-9(15)20-10(7)16)6-19-11(17)13-1-3-18-4-2-13;1-7-5-3-2-4-6-7/h7,10,16H,1-6H2,(H,12,14);7H,2-6H2,1H3/t7-,10?;/m0./s1. The molecule has 3 aliphatic rings. The highest BCUT2D eigenvalue weighted by Gasteiger charge is 2.34. The fraction of sp³-hybridized carbons (Fsp3) is 0.833. The molecule has 2 atom stereocenters. The van der Waals surface area contributed by atoms with Gasteiger partial charge in [0.15, 0.2) is 6.61 Å². The fourth-order valence-electron chi connectivity index (χ4n) is 3.19. The number of amides is 2. The molecule has 3 rings (SSSR count). The number of ether oxygens (including phenoxy) is 3. The summed E-state index contributed by atoms with van der Waals surface area (Å²) >= 11 is 0. The predicted molar refractivity (Wildman–Crippen MR) is 94.6 cm³/mol. The van der Waals surface area contributed by atoms with E-state index < -0.39 is 36.9 Å². The lowest BCUT2D eigenvalue weighted by atomic mass is 9.91. The number of hydrogen-bond acceptors (Lipinski definition) is 7. The minimum absolute atomic E-state index is 0.107. The van der Waals surface area contributed by atoms with Crippen LogP contribution in [-0.4, -0.2) is 73.2 Å². The Balaban J connectivity index is 0.000000313. The third-order valence-corrected chi connectivity index (χ3v) is 4.82. The van der Waals surface area contributed by atoms with Gasteiger partial charge in [-0.15, -0.1) is 0 Å². The zero-order valence-electron chi connectivity index (χ0n) is 15.9. The summed E-state index contributed by atoms with van der Waals surface area (Å²) in [5.41, 5.74) is 0. The molecular formula is C18H30N2O7. The van der Waals surface area contributed by atoms with Crippen molar-refractivity contribution in [2.75, 3.05) is 32.9 Å². The second-order valence-electron chi connectivity index (χ2n) is 7.16. The highest BCUT2D eigenvalue weighted by atomic mass is 16.6. The van der Waals surface area contributed by atoms with Crippen LogP contribution in [-0.2, 0) is 23.8 Å². The van der Waals surface area contributed by atoms with Crippen molar-refractivity contribution in [1.29, 1.82) is 0 Å². The number of cyclic esters (lactones) is 1. The molecule has 1 unspecified atom stereocenters. The van der Waals surface area contributed by atoms with Gasteiger partial charge >= 0.3 is 12.1 Å². The zero-order valence-corrected chi connectivity index (χ0v) is 15.9. The monoisotopic (exact) mass is 386 g/mol. The van der Waals surface area contributed by atoms with Gasteiger partial charge in [-0.05, 0) is 5.92 Å². The molecule has 3 fully saturated rings. The molecule has 0 aromatic rings. The Labute approximate surface area is 159 Å². The van der Waals surface area contributed by atoms with E-state index in [0.717, 1.165) is 5.92 Å². The van der Waals surface area contributed by atoms with Crippen molar-refractivity contribution in [3.8, 4) is 0 Å². The van der Waals surface area contributed by atoms with Crippen LogP contribution in [0.25, 0.3) is 0 Å². The van der Waals surface area contributed by atoms with Crippen LogP contribution in [0.1, 0.15) is 45.4 Å². The molecule has 9 heteroatoms. The summed E-state index contributed by atoms with van der Waals surface area (Å²) in [4.78, 5) is 35.4. The van der Waals surface area contributed by atoms with E-state index in [1.54, 1.807) is 0 Å². The SMILES string of the molecule is CC1CCCCC1.O=C(COC(=O)N1CCOCC1)N[C@H]1CC(=O)OC1O. The maximum Gasteiger partial charge on any atom is 0.410 e.